The Hall–Kier alpha value is -2.20. The number of nitro groups is 1. The normalized spacial score (nSPS) is 11.1. The molecule has 9 nitrogen and oxygen atoms in total. The van der Waals surface area contributed by atoms with E-state index in [2.05, 4.69) is 5.32 Å². The number of anilines is 1. The van der Waals surface area contributed by atoms with Crippen LogP contribution in [-0.2, 0) is 19.4 Å². The summed E-state index contributed by atoms with van der Waals surface area (Å²) in [6.07, 6.45) is 0.969. The van der Waals surface area contributed by atoms with Crippen molar-refractivity contribution >= 4 is 27.1 Å². The first-order chi connectivity index (χ1) is 9.71. The molecule has 1 aromatic carbocycles. The third-order valence-electron chi connectivity index (χ3n) is 2.40. The Bertz CT molecular complexity index is 643. The van der Waals surface area contributed by atoms with Gasteiger partial charge in [-0.2, -0.15) is 0 Å². The van der Waals surface area contributed by atoms with Crippen molar-refractivity contribution in [3.8, 4) is 0 Å². The van der Waals surface area contributed by atoms with E-state index >= 15 is 0 Å². The maximum Gasteiger partial charge on any atom is 0.293 e. The summed E-state index contributed by atoms with van der Waals surface area (Å²) in [4.78, 5) is 20.6. The zero-order valence-corrected chi connectivity index (χ0v) is 12.1. The Morgan fingerprint density at radius 3 is 2.67 bits per heavy atom. The number of nitrogens with one attached hydrogen (secondary N) is 1. The van der Waals surface area contributed by atoms with Crippen LogP contribution in [0, 0.1) is 10.1 Å². The first kappa shape index (κ1) is 16.9. The molecule has 0 unspecified atom stereocenters. The number of benzene rings is 1. The Balaban J connectivity index is 2.78. The fraction of sp³-hybridized carbons (Fsp3) is 0.364. The number of carbonyl (C=O) groups excluding carboxylic acids is 1. The minimum atomic E-state index is -3.52. The summed E-state index contributed by atoms with van der Waals surface area (Å²) in [6, 6.07) is 3.57. The molecule has 0 heterocycles. The van der Waals surface area contributed by atoms with Gasteiger partial charge in [-0.25, -0.2) is 8.42 Å². The van der Waals surface area contributed by atoms with Gasteiger partial charge in [0, 0.05) is 18.9 Å². The Kier molecular flexibility index (Phi) is 5.61. The van der Waals surface area contributed by atoms with E-state index in [0.29, 0.717) is 0 Å². The second kappa shape index (κ2) is 6.99. The van der Waals surface area contributed by atoms with Gasteiger partial charge in [0.05, 0.1) is 16.4 Å². The smallest absolute Gasteiger partial charge is 0.293 e. The quantitative estimate of drug-likeness (QED) is 0.387. The number of ether oxygens (including phenoxy) is 1. The van der Waals surface area contributed by atoms with E-state index in [1.54, 1.807) is 0 Å². The predicted molar refractivity (Wildman–Crippen MR) is 74.7 cm³/mol. The maximum atomic E-state index is 11.4. The minimum absolute atomic E-state index is 0.119. The summed E-state index contributed by atoms with van der Waals surface area (Å²) in [5.41, 5.74) is 4.68. The third-order valence-corrected chi connectivity index (χ3v) is 3.51. The second-order valence-electron chi connectivity index (χ2n) is 4.15. The van der Waals surface area contributed by atoms with Crippen LogP contribution in [0.2, 0.25) is 0 Å². The van der Waals surface area contributed by atoms with Crippen molar-refractivity contribution in [1.82, 2.24) is 0 Å². The highest BCUT2D eigenvalue weighted by Crippen LogP contribution is 2.27. The third kappa shape index (κ3) is 5.36. The van der Waals surface area contributed by atoms with Gasteiger partial charge in [0.2, 0.25) is 5.91 Å². The van der Waals surface area contributed by atoms with Gasteiger partial charge in [-0.1, -0.05) is 0 Å². The molecule has 21 heavy (non-hydrogen) atoms. The molecule has 0 atom stereocenters. The lowest BCUT2D eigenvalue weighted by Crippen LogP contribution is -2.20. The topological polar surface area (TPSA) is 142 Å². The molecule has 0 radical (unpaired) electrons. The fourth-order valence-electron chi connectivity index (χ4n) is 1.47. The van der Waals surface area contributed by atoms with E-state index in [1.165, 1.54) is 12.1 Å². The zero-order chi connectivity index (χ0) is 16.0. The fourth-order valence-corrected chi connectivity index (χ4v) is 2.11. The molecule has 116 valence electrons. The van der Waals surface area contributed by atoms with Gasteiger partial charge < -0.3 is 15.8 Å². The molecule has 1 aromatic rings. The second-order valence-corrected chi connectivity index (χ2v) is 6.17. The first-order valence-electron chi connectivity index (χ1n) is 5.80. The highest BCUT2D eigenvalue weighted by atomic mass is 32.2. The summed E-state index contributed by atoms with van der Waals surface area (Å²) in [5, 5.41) is 13.7. The van der Waals surface area contributed by atoms with Crippen LogP contribution in [0.4, 0.5) is 11.4 Å². The average molecular weight is 317 g/mol. The van der Waals surface area contributed by atoms with E-state index in [0.717, 1.165) is 12.3 Å². The van der Waals surface area contributed by atoms with E-state index < -0.39 is 20.7 Å². The van der Waals surface area contributed by atoms with Crippen molar-refractivity contribution in [2.75, 3.05) is 31.3 Å². The molecule has 0 bridgehead atoms. The van der Waals surface area contributed by atoms with Crippen molar-refractivity contribution in [2.24, 2.45) is 5.73 Å². The molecular weight excluding hydrogens is 302 g/mol. The van der Waals surface area contributed by atoms with Crippen LogP contribution in [0.25, 0.3) is 0 Å². The molecule has 10 heteroatoms. The number of nitrogens with zero attached hydrogens (tertiary/aromatic N) is 1. The lowest BCUT2D eigenvalue weighted by Gasteiger charge is -2.08. The lowest BCUT2D eigenvalue weighted by molar-refractivity contribution is -0.384. The number of carbonyl (C=O) groups is 1. The summed E-state index contributed by atoms with van der Waals surface area (Å²) in [7, 11) is -3.52. The number of rotatable bonds is 8. The molecule has 0 saturated carbocycles. The number of hydrogen-bond acceptors (Lipinski definition) is 7. The van der Waals surface area contributed by atoms with Gasteiger partial charge in [-0.05, 0) is 12.1 Å². The molecule has 0 spiro atoms. The van der Waals surface area contributed by atoms with Gasteiger partial charge in [-0.15, -0.1) is 0 Å². The summed E-state index contributed by atoms with van der Waals surface area (Å²) in [5.74, 6) is -0.613. The molecule has 0 aromatic heterocycles. The molecule has 0 saturated heterocycles. The van der Waals surface area contributed by atoms with E-state index in [4.69, 9.17) is 10.5 Å². The van der Waals surface area contributed by atoms with E-state index in [9.17, 15) is 23.3 Å². The van der Waals surface area contributed by atoms with Crippen LogP contribution in [-0.4, -0.2) is 45.3 Å². The summed E-state index contributed by atoms with van der Waals surface area (Å²) < 4.78 is 27.6. The highest BCUT2D eigenvalue weighted by Gasteiger charge is 2.18. The largest absolute Gasteiger partial charge is 0.377 e. The van der Waals surface area contributed by atoms with Crippen molar-refractivity contribution in [2.45, 2.75) is 4.90 Å². The Labute approximate surface area is 121 Å². The molecule has 0 aliphatic heterocycles. The first-order valence-corrected chi connectivity index (χ1v) is 7.69. The molecular formula is C11H15N3O6S. The van der Waals surface area contributed by atoms with Gasteiger partial charge in [0.1, 0.15) is 12.3 Å². The number of hydrogen-bond donors (Lipinski definition) is 2. The standard InChI is InChI=1S/C11H15N3O6S/c1-21(18,19)8-2-3-9(10(6-8)14(16)17)13-4-5-20-7-11(12)15/h2-3,6,13H,4-5,7H2,1H3,(H2,12,15). The number of amides is 1. The van der Waals surface area contributed by atoms with Crippen LogP contribution in [0.3, 0.4) is 0 Å². The molecule has 0 fully saturated rings. The molecule has 0 aliphatic carbocycles. The van der Waals surface area contributed by atoms with Crippen molar-refractivity contribution < 1.29 is 22.9 Å². The number of primary amides is 1. The molecule has 3 N–H and O–H groups in total. The van der Waals surface area contributed by atoms with Crippen molar-refractivity contribution in [3.05, 3.63) is 28.3 Å². The predicted octanol–water partition coefficient (Wildman–Crippen LogP) is -0.0879. The van der Waals surface area contributed by atoms with Crippen LogP contribution in [0.5, 0.6) is 0 Å². The molecule has 0 aliphatic rings. The summed E-state index contributed by atoms with van der Waals surface area (Å²) >= 11 is 0. The van der Waals surface area contributed by atoms with Crippen LogP contribution in [0.15, 0.2) is 23.1 Å². The lowest BCUT2D eigenvalue weighted by atomic mass is 10.2. The maximum absolute atomic E-state index is 11.4. The highest BCUT2D eigenvalue weighted by molar-refractivity contribution is 7.90. The molecule has 1 rings (SSSR count). The van der Waals surface area contributed by atoms with Gasteiger partial charge in [0.15, 0.2) is 9.84 Å². The number of nitro benzene ring substituents is 1. The van der Waals surface area contributed by atoms with Gasteiger partial charge in [-0.3, -0.25) is 14.9 Å². The van der Waals surface area contributed by atoms with Crippen molar-refractivity contribution in [1.29, 1.82) is 0 Å². The van der Waals surface area contributed by atoms with E-state index in [1.807, 2.05) is 0 Å². The van der Waals surface area contributed by atoms with Gasteiger partial charge in [0.25, 0.3) is 5.69 Å². The van der Waals surface area contributed by atoms with Crippen molar-refractivity contribution in [3.63, 3.8) is 0 Å². The minimum Gasteiger partial charge on any atom is -0.377 e. The van der Waals surface area contributed by atoms with E-state index in [-0.39, 0.29) is 36.0 Å². The Morgan fingerprint density at radius 2 is 2.14 bits per heavy atom. The van der Waals surface area contributed by atoms with Crippen LogP contribution < -0.4 is 11.1 Å². The number of nitrogens with two attached hydrogens (primary N) is 1. The average Bonchev–Trinajstić information content (AvgIpc) is 2.36. The van der Waals surface area contributed by atoms with Crippen LogP contribution in [0.1, 0.15) is 0 Å². The van der Waals surface area contributed by atoms with Gasteiger partial charge >= 0.3 is 0 Å². The monoisotopic (exact) mass is 317 g/mol. The SMILES string of the molecule is CS(=O)(=O)c1ccc(NCCOCC(N)=O)c([N+](=O)[O-])c1. The summed E-state index contributed by atoms with van der Waals surface area (Å²) in [6.45, 7) is 0.0804. The number of sulfone groups is 1. The Morgan fingerprint density at radius 1 is 1.48 bits per heavy atom. The van der Waals surface area contributed by atoms with Crippen LogP contribution >= 0.6 is 0 Å². The zero-order valence-electron chi connectivity index (χ0n) is 11.2. The molecule has 1 amide bonds.